The van der Waals surface area contributed by atoms with E-state index >= 15 is 0 Å². The highest BCUT2D eigenvalue weighted by Gasteiger charge is 2.32. The molecule has 0 aliphatic heterocycles. The molecule has 3 N–H and O–H groups in total. The Labute approximate surface area is 143 Å². The summed E-state index contributed by atoms with van der Waals surface area (Å²) in [6, 6.07) is 1.62. The highest BCUT2D eigenvalue weighted by atomic mass is 19.4. The van der Waals surface area contributed by atoms with Gasteiger partial charge in [0.15, 0.2) is 0 Å². The van der Waals surface area contributed by atoms with Crippen LogP contribution in [0.2, 0.25) is 0 Å². The number of alkyl halides is 3. The van der Waals surface area contributed by atoms with Gasteiger partial charge in [-0.15, -0.1) is 0 Å². The van der Waals surface area contributed by atoms with Gasteiger partial charge in [-0.25, -0.2) is 4.79 Å². The number of halogens is 3. The maximum Gasteiger partial charge on any atom is 0.433 e. The SMILES string of the molecule is CC(C)(C)OC(=O)N[C@H](CCC(N)=O)Cc1ccc(C(F)(F)F)nc1. The van der Waals surface area contributed by atoms with Gasteiger partial charge < -0.3 is 15.8 Å². The normalized spacial score (nSPS) is 13.2. The molecule has 0 saturated carbocycles. The van der Waals surface area contributed by atoms with Crippen LogP contribution < -0.4 is 11.1 Å². The summed E-state index contributed by atoms with van der Waals surface area (Å²) in [7, 11) is 0. The third-order valence-corrected chi connectivity index (χ3v) is 3.06. The van der Waals surface area contributed by atoms with Crippen molar-refractivity contribution in [3.63, 3.8) is 0 Å². The van der Waals surface area contributed by atoms with Crippen LogP contribution in [0, 0.1) is 0 Å². The van der Waals surface area contributed by atoms with Crippen molar-refractivity contribution in [2.45, 2.75) is 57.9 Å². The van der Waals surface area contributed by atoms with Gasteiger partial charge in [0.25, 0.3) is 0 Å². The molecule has 140 valence electrons. The summed E-state index contributed by atoms with van der Waals surface area (Å²) in [6.45, 7) is 5.10. The van der Waals surface area contributed by atoms with Crippen LogP contribution in [0.1, 0.15) is 44.9 Å². The Morgan fingerprint density at radius 1 is 1.28 bits per heavy atom. The lowest BCUT2D eigenvalue weighted by molar-refractivity contribution is -0.141. The van der Waals surface area contributed by atoms with E-state index in [9.17, 15) is 22.8 Å². The number of primary amides is 1. The van der Waals surface area contributed by atoms with Crippen molar-refractivity contribution < 1.29 is 27.5 Å². The van der Waals surface area contributed by atoms with E-state index in [4.69, 9.17) is 10.5 Å². The molecule has 1 aromatic heterocycles. The average Bonchev–Trinajstić information content (AvgIpc) is 2.42. The maximum atomic E-state index is 12.5. The van der Waals surface area contributed by atoms with Crippen LogP contribution in [0.25, 0.3) is 0 Å². The van der Waals surface area contributed by atoms with E-state index in [0.717, 1.165) is 12.3 Å². The average molecular weight is 361 g/mol. The third-order valence-electron chi connectivity index (χ3n) is 3.06. The Balaban J connectivity index is 2.79. The number of nitrogens with two attached hydrogens (primary N) is 1. The summed E-state index contributed by atoms with van der Waals surface area (Å²) in [5, 5.41) is 2.60. The lowest BCUT2D eigenvalue weighted by Crippen LogP contribution is -2.40. The van der Waals surface area contributed by atoms with Crippen LogP contribution in [0.4, 0.5) is 18.0 Å². The summed E-state index contributed by atoms with van der Waals surface area (Å²) in [5.41, 5.74) is 3.90. The first-order chi connectivity index (χ1) is 11.4. The molecular formula is C16H22F3N3O3. The quantitative estimate of drug-likeness (QED) is 0.815. The van der Waals surface area contributed by atoms with Gasteiger partial charge in [-0.05, 0) is 45.2 Å². The van der Waals surface area contributed by atoms with Gasteiger partial charge in [-0.2, -0.15) is 13.2 Å². The fourth-order valence-corrected chi connectivity index (χ4v) is 2.01. The second-order valence-corrected chi connectivity index (χ2v) is 6.60. The molecule has 6 nitrogen and oxygen atoms in total. The lowest BCUT2D eigenvalue weighted by atomic mass is 10.0. The zero-order valence-corrected chi connectivity index (χ0v) is 14.3. The molecule has 0 aromatic carbocycles. The zero-order valence-electron chi connectivity index (χ0n) is 14.3. The smallest absolute Gasteiger partial charge is 0.433 e. The molecule has 0 saturated heterocycles. The van der Waals surface area contributed by atoms with Crippen LogP contribution >= 0.6 is 0 Å². The Kier molecular flexibility index (Phi) is 6.78. The first-order valence-corrected chi connectivity index (χ1v) is 7.67. The van der Waals surface area contributed by atoms with Crippen LogP contribution in [-0.4, -0.2) is 28.6 Å². The van der Waals surface area contributed by atoms with Crippen molar-refractivity contribution in [3.05, 3.63) is 29.6 Å². The summed E-state index contributed by atoms with van der Waals surface area (Å²) in [5.74, 6) is -0.540. The third kappa shape index (κ3) is 8.37. The van der Waals surface area contributed by atoms with E-state index in [2.05, 4.69) is 10.3 Å². The molecule has 0 unspecified atom stereocenters. The van der Waals surface area contributed by atoms with Gasteiger partial charge in [0.05, 0.1) is 0 Å². The van der Waals surface area contributed by atoms with Gasteiger partial charge in [0, 0.05) is 18.7 Å². The van der Waals surface area contributed by atoms with Crippen molar-refractivity contribution in [2.24, 2.45) is 5.73 Å². The minimum absolute atomic E-state index is 0.0223. The molecule has 9 heteroatoms. The first kappa shape index (κ1) is 20.7. The van der Waals surface area contributed by atoms with Gasteiger partial charge in [0.2, 0.25) is 5.91 Å². The lowest BCUT2D eigenvalue weighted by Gasteiger charge is -2.23. The number of ether oxygens (including phenoxy) is 1. The van der Waals surface area contributed by atoms with E-state index in [1.165, 1.54) is 6.07 Å². The second kappa shape index (κ2) is 8.17. The largest absolute Gasteiger partial charge is 0.444 e. The second-order valence-electron chi connectivity index (χ2n) is 6.60. The number of carbonyl (C=O) groups excluding carboxylic acids is 2. The Morgan fingerprint density at radius 3 is 2.36 bits per heavy atom. The van der Waals surface area contributed by atoms with E-state index in [-0.39, 0.29) is 19.3 Å². The number of nitrogens with zero attached hydrogens (tertiary/aromatic N) is 1. The van der Waals surface area contributed by atoms with E-state index < -0.39 is 35.5 Å². The highest BCUT2D eigenvalue weighted by molar-refractivity contribution is 5.74. The standard InChI is InChI=1S/C16H22F3N3O3/c1-15(2,3)25-14(24)22-11(5-7-13(20)23)8-10-4-6-12(21-9-10)16(17,18)19/h4,6,9,11H,5,7-8H2,1-3H3,(H2,20,23)(H,22,24)/t11-/m1/s1. The Hall–Kier alpha value is -2.32. The number of hydrogen-bond acceptors (Lipinski definition) is 4. The molecule has 0 radical (unpaired) electrons. The molecule has 1 aromatic rings. The molecule has 0 bridgehead atoms. The molecule has 25 heavy (non-hydrogen) atoms. The number of carbonyl (C=O) groups is 2. The number of pyridine rings is 1. The first-order valence-electron chi connectivity index (χ1n) is 7.67. The zero-order chi connectivity index (χ0) is 19.3. The number of rotatable bonds is 6. The van der Waals surface area contributed by atoms with Crippen LogP contribution in [-0.2, 0) is 22.1 Å². The number of aromatic nitrogens is 1. The predicted molar refractivity (Wildman–Crippen MR) is 84.5 cm³/mol. The summed E-state index contributed by atoms with van der Waals surface area (Å²) in [4.78, 5) is 26.2. The van der Waals surface area contributed by atoms with Crippen molar-refractivity contribution in [3.8, 4) is 0 Å². The molecule has 1 heterocycles. The fraction of sp³-hybridized carbons (Fsp3) is 0.562. The Bertz CT molecular complexity index is 595. The van der Waals surface area contributed by atoms with Gasteiger partial charge >= 0.3 is 12.3 Å². The molecule has 1 atom stereocenters. The van der Waals surface area contributed by atoms with Gasteiger partial charge in [-0.3, -0.25) is 9.78 Å². The molecule has 2 amide bonds. The summed E-state index contributed by atoms with van der Waals surface area (Å²) < 4.78 is 42.7. The molecule has 0 aliphatic rings. The minimum atomic E-state index is -4.52. The predicted octanol–water partition coefficient (Wildman–Crippen LogP) is 2.80. The van der Waals surface area contributed by atoms with Crippen molar-refractivity contribution >= 4 is 12.0 Å². The number of nitrogens with one attached hydrogen (secondary N) is 1. The van der Waals surface area contributed by atoms with Crippen LogP contribution in [0.15, 0.2) is 18.3 Å². The van der Waals surface area contributed by atoms with Crippen LogP contribution in [0.5, 0.6) is 0 Å². The van der Waals surface area contributed by atoms with Crippen molar-refractivity contribution in [1.29, 1.82) is 0 Å². The van der Waals surface area contributed by atoms with Gasteiger partial charge in [0.1, 0.15) is 11.3 Å². The van der Waals surface area contributed by atoms with E-state index in [0.29, 0.717) is 5.56 Å². The molecule has 0 fully saturated rings. The fourth-order valence-electron chi connectivity index (χ4n) is 2.01. The monoisotopic (exact) mass is 361 g/mol. The number of amides is 2. The van der Waals surface area contributed by atoms with E-state index in [1.54, 1.807) is 20.8 Å². The van der Waals surface area contributed by atoms with Gasteiger partial charge in [-0.1, -0.05) is 6.07 Å². The highest BCUT2D eigenvalue weighted by Crippen LogP contribution is 2.27. The van der Waals surface area contributed by atoms with Crippen LogP contribution in [0.3, 0.4) is 0 Å². The number of alkyl carbamates (subject to hydrolysis) is 1. The topological polar surface area (TPSA) is 94.3 Å². The minimum Gasteiger partial charge on any atom is -0.444 e. The molecule has 1 rings (SSSR count). The van der Waals surface area contributed by atoms with E-state index in [1.807, 2.05) is 0 Å². The summed E-state index contributed by atoms with van der Waals surface area (Å²) >= 11 is 0. The molecule has 0 aliphatic carbocycles. The maximum absolute atomic E-state index is 12.5. The van der Waals surface area contributed by atoms with Crippen molar-refractivity contribution in [1.82, 2.24) is 10.3 Å². The summed E-state index contributed by atoms with van der Waals surface area (Å²) in [6.07, 6.45) is -3.65. The Morgan fingerprint density at radius 2 is 1.92 bits per heavy atom. The molecular weight excluding hydrogens is 339 g/mol. The number of hydrogen-bond donors (Lipinski definition) is 2. The van der Waals surface area contributed by atoms with Crippen molar-refractivity contribution in [2.75, 3.05) is 0 Å². The molecule has 0 spiro atoms.